The van der Waals surface area contributed by atoms with E-state index in [2.05, 4.69) is 10.0 Å². The highest BCUT2D eigenvalue weighted by Gasteiger charge is 2.17. The van der Waals surface area contributed by atoms with Crippen LogP contribution < -0.4 is 14.8 Å². The number of carbonyl (C=O) groups is 1. The molecule has 2 aromatic rings. The molecule has 0 unspecified atom stereocenters. The molecule has 29 heavy (non-hydrogen) atoms. The van der Waals surface area contributed by atoms with Crippen LogP contribution in [0.2, 0.25) is 0 Å². The van der Waals surface area contributed by atoms with E-state index in [-0.39, 0.29) is 16.7 Å². The van der Waals surface area contributed by atoms with E-state index >= 15 is 0 Å². The fourth-order valence-electron chi connectivity index (χ4n) is 2.60. The Balaban J connectivity index is 2.01. The van der Waals surface area contributed by atoms with E-state index in [0.717, 1.165) is 22.6 Å². The van der Waals surface area contributed by atoms with Crippen LogP contribution in [0.1, 0.15) is 25.8 Å². The van der Waals surface area contributed by atoms with Crippen LogP contribution in [0.25, 0.3) is 0 Å². The zero-order valence-corrected chi connectivity index (χ0v) is 18.8. The molecule has 1 amide bonds. The van der Waals surface area contributed by atoms with Gasteiger partial charge in [0.2, 0.25) is 15.9 Å². The number of hydrogen-bond donors (Lipinski definition) is 2. The van der Waals surface area contributed by atoms with Gasteiger partial charge in [-0.15, -0.1) is 11.8 Å². The third kappa shape index (κ3) is 6.76. The summed E-state index contributed by atoms with van der Waals surface area (Å²) < 4.78 is 33.1. The number of benzene rings is 2. The minimum Gasteiger partial charge on any atom is -0.497 e. The van der Waals surface area contributed by atoms with Crippen LogP contribution >= 0.6 is 11.8 Å². The monoisotopic (exact) mass is 436 g/mol. The lowest BCUT2D eigenvalue weighted by molar-refractivity contribution is -0.118. The van der Waals surface area contributed by atoms with Gasteiger partial charge in [-0.1, -0.05) is 26.0 Å². The van der Waals surface area contributed by atoms with Gasteiger partial charge >= 0.3 is 0 Å². The molecule has 2 rings (SSSR count). The fourth-order valence-corrected chi connectivity index (χ4v) is 4.24. The molecule has 158 valence electrons. The highest BCUT2D eigenvalue weighted by atomic mass is 32.2. The summed E-state index contributed by atoms with van der Waals surface area (Å²) in [5.41, 5.74) is 1.63. The zero-order chi connectivity index (χ0) is 21.4. The third-order valence-electron chi connectivity index (χ3n) is 4.36. The lowest BCUT2D eigenvalue weighted by Crippen LogP contribution is -2.25. The summed E-state index contributed by atoms with van der Waals surface area (Å²) in [7, 11) is -2.04. The smallest absolute Gasteiger partial charge is 0.240 e. The van der Waals surface area contributed by atoms with Gasteiger partial charge in [0.25, 0.3) is 0 Å². The van der Waals surface area contributed by atoms with Gasteiger partial charge in [-0.05, 0) is 55.0 Å². The van der Waals surface area contributed by atoms with Crippen LogP contribution in [0.3, 0.4) is 0 Å². The topological polar surface area (TPSA) is 84.5 Å². The summed E-state index contributed by atoms with van der Waals surface area (Å²) in [6.45, 7) is 3.91. The number of sulfonamides is 1. The second-order valence-electron chi connectivity index (χ2n) is 6.86. The molecule has 0 radical (unpaired) electrons. The number of aryl methyl sites for hydroxylation is 1. The largest absolute Gasteiger partial charge is 0.497 e. The molecule has 0 aliphatic carbocycles. The van der Waals surface area contributed by atoms with Crippen molar-refractivity contribution >= 4 is 33.4 Å². The van der Waals surface area contributed by atoms with Gasteiger partial charge in [0, 0.05) is 17.4 Å². The first-order chi connectivity index (χ1) is 13.8. The van der Waals surface area contributed by atoms with Crippen molar-refractivity contribution in [1.82, 2.24) is 4.72 Å². The molecule has 0 bridgehead atoms. The predicted octanol–water partition coefficient (Wildman–Crippen LogP) is 3.92. The summed E-state index contributed by atoms with van der Waals surface area (Å²) in [6.07, 6.45) is 3.31. The van der Waals surface area contributed by atoms with Crippen molar-refractivity contribution in [2.24, 2.45) is 5.92 Å². The minimum absolute atomic E-state index is 0.138. The highest BCUT2D eigenvalue weighted by Crippen LogP contribution is 2.28. The van der Waals surface area contributed by atoms with Crippen molar-refractivity contribution in [3.05, 3.63) is 48.0 Å². The summed E-state index contributed by atoms with van der Waals surface area (Å²) in [5, 5.41) is 2.81. The Morgan fingerprint density at radius 3 is 2.41 bits per heavy atom. The number of hydrogen-bond acceptors (Lipinski definition) is 5. The Hall–Kier alpha value is -2.03. The van der Waals surface area contributed by atoms with Gasteiger partial charge in [-0.2, -0.15) is 0 Å². The number of carbonyl (C=O) groups excluding carboxylic acids is 1. The summed E-state index contributed by atoms with van der Waals surface area (Å²) >= 11 is 1.45. The Bertz CT molecular complexity index is 926. The van der Waals surface area contributed by atoms with E-state index in [9.17, 15) is 13.2 Å². The van der Waals surface area contributed by atoms with E-state index in [1.54, 1.807) is 33.1 Å². The zero-order valence-electron chi connectivity index (χ0n) is 17.2. The molecule has 0 atom stereocenters. The average Bonchev–Trinajstić information content (AvgIpc) is 2.71. The first kappa shape index (κ1) is 23.3. The maximum atomic E-state index is 12.7. The molecule has 0 aliphatic rings. The Labute approximate surface area is 177 Å². The van der Waals surface area contributed by atoms with E-state index < -0.39 is 10.0 Å². The van der Waals surface area contributed by atoms with Crippen molar-refractivity contribution in [1.29, 1.82) is 0 Å². The maximum absolute atomic E-state index is 12.7. The standard InChI is InChI=1S/C21H28N2O4S2/c1-15(2)21(24)23-19-14-18(11-12-20(19)28-4)29(25,26)22-13-5-6-16-7-9-17(27-3)10-8-16/h7-12,14-15,22H,5-6,13H2,1-4H3,(H,23,24). The van der Waals surface area contributed by atoms with Gasteiger partial charge in [-0.25, -0.2) is 13.1 Å². The number of ether oxygens (including phenoxy) is 1. The number of nitrogens with one attached hydrogen (secondary N) is 2. The number of methoxy groups -OCH3 is 1. The first-order valence-corrected chi connectivity index (χ1v) is 12.1. The molecular formula is C21H28N2O4S2. The average molecular weight is 437 g/mol. The van der Waals surface area contributed by atoms with Crippen molar-refractivity contribution < 1.29 is 17.9 Å². The molecule has 0 aliphatic heterocycles. The molecular weight excluding hydrogens is 408 g/mol. The van der Waals surface area contributed by atoms with Crippen LogP contribution in [-0.2, 0) is 21.2 Å². The summed E-state index contributed by atoms with van der Waals surface area (Å²) in [6, 6.07) is 12.5. The van der Waals surface area contributed by atoms with Crippen LogP contribution in [0.15, 0.2) is 52.3 Å². The van der Waals surface area contributed by atoms with Crippen molar-refractivity contribution in [2.75, 3.05) is 25.2 Å². The van der Waals surface area contributed by atoms with Gasteiger partial charge in [0.1, 0.15) is 5.75 Å². The maximum Gasteiger partial charge on any atom is 0.240 e. The summed E-state index contributed by atoms with van der Waals surface area (Å²) in [4.78, 5) is 13.0. The summed E-state index contributed by atoms with van der Waals surface area (Å²) in [5.74, 6) is 0.451. The van der Waals surface area contributed by atoms with E-state index in [1.165, 1.54) is 17.8 Å². The first-order valence-electron chi connectivity index (χ1n) is 9.38. The molecule has 2 N–H and O–H groups in total. The highest BCUT2D eigenvalue weighted by molar-refractivity contribution is 7.98. The minimum atomic E-state index is -3.66. The van der Waals surface area contributed by atoms with Crippen LogP contribution in [-0.4, -0.2) is 34.2 Å². The van der Waals surface area contributed by atoms with E-state index in [1.807, 2.05) is 30.5 Å². The molecule has 0 saturated carbocycles. The lowest BCUT2D eigenvalue weighted by atomic mass is 10.1. The van der Waals surface area contributed by atoms with Crippen LogP contribution in [0.5, 0.6) is 5.75 Å². The SMILES string of the molecule is COc1ccc(CCCNS(=O)(=O)c2ccc(SC)c(NC(=O)C(C)C)c2)cc1. The quantitative estimate of drug-likeness (QED) is 0.436. The third-order valence-corrected chi connectivity index (χ3v) is 6.61. The molecule has 2 aromatic carbocycles. The van der Waals surface area contributed by atoms with Crippen molar-refractivity contribution in [3.63, 3.8) is 0 Å². The normalized spacial score (nSPS) is 11.5. The number of anilines is 1. The number of rotatable bonds is 10. The fraction of sp³-hybridized carbons (Fsp3) is 0.381. The molecule has 0 saturated heterocycles. The Kier molecular flexibility index (Phi) is 8.55. The molecule has 8 heteroatoms. The second-order valence-corrected chi connectivity index (χ2v) is 9.47. The molecule has 0 heterocycles. The molecule has 6 nitrogen and oxygen atoms in total. The van der Waals surface area contributed by atoms with Crippen molar-refractivity contribution in [2.45, 2.75) is 36.5 Å². The molecule has 0 aromatic heterocycles. The Morgan fingerprint density at radius 2 is 1.83 bits per heavy atom. The lowest BCUT2D eigenvalue weighted by Gasteiger charge is -2.14. The van der Waals surface area contributed by atoms with Gasteiger partial charge in [-0.3, -0.25) is 4.79 Å². The van der Waals surface area contributed by atoms with Gasteiger partial charge in [0.05, 0.1) is 17.7 Å². The second kappa shape index (κ2) is 10.7. The van der Waals surface area contributed by atoms with Crippen LogP contribution in [0.4, 0.5) is 5.69 Å². The molecule has 0 spiro atoms. The van der Waals surface area contributed by atoms with Gasteiger partial charge in [0.15, 0.2) is 0 Å². The van der Waals surface area contributed by atoms with E-state index in [4.69, 9.17) is 4.74 Å². The molecule has 0 fully saturated rings. The number of thioether (sulfide) groups is 1. The van der Waals surface area contributed by atoms with Crippen molar-refractivity contribution in [3.8, 4) is 5.75 Å². The van der Waals surface area contributed by atoms with Gasteiger partial charge < -0.3 is 10.1 Å². The predicted molar refractivity (Wildman–Crippen MR) is 118 cm³/mol. The number of amides is 1. The Morgan fingerprint density at radius 1 is 1.14 bits per heavy atom. The van der Waals surface area contributed by atoms with Crippen LogP contribution in [0, 0.1) is 5.92 Å². The van der Waals surface area contributed by atoms with E-state index in [0.29, 0.717) is 18.7 Å².